The van der Waals surface area contributed by atoms with Gasteiger partial charge in [-0.2, -0.15) is 0 Å². The largest absolute Gasteiger partial charge is 0.336 e. The normalized spacial score (nSPS) is 14.4. The van der Waals surface area contributed by atoms with E-state index in [9.17, 15) is 13.2 Å². The Morgan fingerprint density at radius 2 is 1.67 bits per heavy atom. The molecule has 1 saturated heterocycles. The predicted octanol–water partition coefficient (Wildman–Crippen LogP) is 2.57. The zero-order chi connectivity index (χ0) is 18.7. The molecule has 0 bridgehead atoms. The van der Waals surface area contributed by atoms with Crippen LogP contribution in [0, 0.1) is 13.8 Å². The smallest absolute Gasteiger partial charge is 0.262 e. The van der Waals surface area contributed by atoms with Crippen molar-refractivity contribution in [3.63, 3.8) is 0 Å². The van der Waals surface area contributed by atoms with E-state index in [2.05, 4.69) is 10.0 Å². The second kappa shape index (κ2) is 8.73. The summed E-state index contributed by atoms with van der Waals surface area (Å²) in [5, 5.41) is 3.21. The number of rotatable bonds is 4. The molecule has 146 valence electrons. The van der Waals surface area contributed by atoms with Gasteiger partial charge in [-0.3, -0.25) is 9.52 Å². The average Bonchev–Trinajstić information content (AvgIpc) is 2.64. The van der Waals surface area contributed by atoms with Gasteiger partial charge in [-0.15, -0.1) is 12.4 Å². The van der Waals surface area contributed by atoms with Gasteiger partial charge < -0.3 is 10.2 Å². The Morgan fingerprint density at radius 1 is 1.04 bits per heavy atom. The Hall–Kier alpha value is -2.09. The molecule has 0 aromatic heterocycles. The molecule has 1 aliphatic heterocycles. The summed E-state index contributed by atoms with van der Waals surface area (Å²) in [5.74, 6) is -0.0320. The molecular weight excluding hydrogens is 386 g/mol. The first-order valence-electron chi connectivity index (χ1n) is 8.57. The van der Waals surface area contributed by atoms with Gasteiger partial charge in [0.05, 0.1) is 4.90 Å². The molecule has 0 unspecified atom stereocenters. The lowest BCUT2D eigenvalue weighted by Crippen LogP contribution is -2.46. The third-order valence-electron chi connectivity index (χ3n) is 4.42. The molecule has 6 nitrogen and oxygen atoms in total. The fourth-order valence-electron chi connectivity index (χ4n) is 2.94. The van der Waals surface area contributed by atoms with Gasteiger partial charge in [-0.1, -0.05) is 12.1 Å². The highest BCUT2D eigenvalue weighted by Gasteiger charge is 2.19. The third kappa shape index (κ3) is 5.00. The number of nitrogens with zero attached hydrogens (tertiary/aromatic N) is 1. The number of hydrogen-bond donors (Lipinski definition) is 2. The van der Waals surface area contributed by atoms with Gasteiger partial charge in [-0.25, -0.2) is 8.42 Å². The number of carbonyl (C=O) groups excluding carboxylic acids is 1. The number of sulfonamides is 1. The van der Waals surface area contributed by atoms with Gasteiger partial charge in [0.25, 0.3) is 15.9 Å². The molecule has 3 rings (SSSR count). The van der Waals surface area contributed by atoms with Crippen LogP contribution in [0.5, 0.6) is 0 Å². The van der Waals surface area contributed by atoms with Crippen molar-refractivity contribution < 1.29 is 13.2 Å². The molecule has 1 heterocycles. The Balaban J connectivity index is 0.00000261. The molecule has 0 spiro atoms. The summed E-state index contributed by atoms with van der Waals surface area (Å²) in [5.41, 5.74) is 2.56. The number of anilines is 1. The first-order chi connectivity index (χ1) is 12.4. The number of nitrogens with one attached hydrogen (secondary N) is 2. The SMILES string of the molecule is Cc1ccc(C)c(S(=O)(=O)Nc2ccc(C(=O)N3CCNCC3)cc2)c1.Cl. The lowest BCUT2D eigenvalue weighted by molar-refractivity contribution is 0.0736. The Morgan fingerprint density at radius 3 is 2.30 bits per heavy atom. The predicted molar refractivity (Wildman–Crippen MR) is 109 cm³/mol. The number of carbonyl (C=O) groups is 1. The van der Waals surface area contributed by atoms with Crippen LogP contribution in [0.25, 0.3) is 0 Å². The quantitative estimate of drug-likeness (QED) is 0.813. The van der Waals surface area contributed by atoms with Gasteiger partial charge in [0.1, 0.15) is 0 Å². The first-order valence-corrected chi connectivity index (χ1v) is 10.1. The van der Waals surface area contributed by atoms with E-state index in [1.165, 1.54) is 0 Å². The maximum absolute atomic E-state index is 12.6. The summed E-state index contributed by atoms with van der Waals surface area (Å²) in [6.07, 6.45) is 0. The molecule has 1 aliphatic rings. The van der Waals surface area contributed by atoms with E-state index >= 15 is 0 Å². The highest BCUT2D eigenvalue weighted by atomic mass is 35.5. The summed E-state index contributed by atoms with van der Waals surface area (Å²) in [4.78, 5) is 14.5. The maximum atomic E-state index is 12.6. The Bertz CT molecular complexity index is 908. The van der Waals surface area contributed by atoms with E-state index in [0.29, 0.717) is 29.9 Å². The minimum atomic E-state index is -3.67. The number of aryl methyl sites for hydroxylation is 2. The van der Waals surface area contributed by atoms with Crippen molar-refractivity contribution in [2.24, 2.45) is 0 Å². The number of amides is 1. The van der Waals surface area contributed by atoms with E-state index in [-0.39, 0.29) is 23.2 Å². The van der Waals surface area contributed by atoms with Crippen LogP contribution in [0.15, 0.2) is 47.4 Å². The minimum absolute atomic E-state index is 0. The van der Waals surface area contributed by atoms with Gasteiger partial charge >= 0.3 is 0 Å². The number of piperazine rings is 1. The molecule has 2 aromatic rings. The van der Waals surface area contributed by atoms with Crippen molar-refractivity contribution in [3.05, 3.63) is 59.2 Å². The van der Waals surface area contributed by atoms with Crippen molar-refractivity contribution in [3.8, 4) is 0 Å². The van der Waals surface area contributed by atoms with Crippen LogP contribution >= 0.6 is 12.4 Å². The molecule has 2 aromatic carbocycles. The maximum Gasteiger partial charge on any atom is 0.262 e. The molecular formula is C19H24ClN3O3S. The number of benzene rings is 2. The van der Waals surface area contributed by atoms with E-state index in [0.717, 1.165) is 18.7 Å². The second-order valence-corrected chi connectivity index (χ2v) is 8.14. The average molecular weight is 410 g/mol. The van der Waals surface area contributed by atoms with Gasteiger partial charge in [0, 0.05) is 37.4 Å². The Labute approximate surface area is 166 Å². The van der Waals surface area contributed by atoms with Crippen LogP contribution in [0.4, 0.5) is 5.69 Å². The lowest BCUT2D eigenvalue weighted by atomic mass is 10.1. The fraction of sp³-hybridized carbons (Fsp3) is 0.316. The van der Waals surface area contributed by atoms with Crippen LogP contribution < -0.4 is 10.0 Å². The summed E-state index contributed by atoms with van der Waals surface area (Å²) in [6.45, 7) is 6.57. The molecule has 27 heavy (non-hydrogen) atoms. The number of halogens is 1. The summed E-state index contributed by atoms with van der Waals surface area (Å²) >= 11 is 0. The van der Waals surface area contributed by atoms with Crippen molar-refractivity contribution in [2.45, 2.75) is 18.7 Å². The molecule has 1 amide bonds. The van der Waals surface area contributed by atoms with Crippen LogP contribution in [0.1, 0.15) is 21.5 Å². The molecule has 8 heteroatoms. The third-order valence-corrected chi connectivity index (χ3v) is 5.94. The van der Waals surface area contributed by atoms with Crippen molar-refractivity contribution in [2.75, 3.05) is 30.9 Å². The molecule has 2 N–H and O–H groups in total. The van der Waals surface area contributed by atoms with Crippen molar-refractivity contribution in [1.82, 2.24) is 10.2 Å². The molecule has 0 atom stereocenters. The van der Waals surface area contributed by atoms with Crippen LogP contribution in [0.3, 0.4) is 0 Å². The molecule has 0 saturated carbocycles. The van der Waals surface area contributed by atoms with E-state index < -0.39 is 10.0 Å². The minimum Gasteiger partial charge on any atom is -0.336 e. The molecule has 0 aliphatic carbocycles. The monoisotopic (exact) mass is 409 g/mol. The van der Waals surface area contributed by atoms with Gasteiger partial charge in [0.2, 0.25) is 0 Å². The fourth-order valence-corrected chi connectivity index (χ4v) is 4.33. The van der Waals surface area contributed by atoms with Gasteiger partial charge in [-0.05, 0) is 55.3 Å². The van der Waals surface area contributed by atoms with Crippen LogP contribution in [0.2, 0.25) is 0 Å². The molecule has 1 fully saturated rings. The lowest BCUT2D eigenvalue weighted by Gasteiger charge is -2.27. The number of hydrogen-bond acceptors (Lipinski definition) is 4. The summed E-state index contributed by atoms with van der Waals surface area (Å²) in [7, 11) is -3.67. The van der Waals surface area contributed by atoms with E-state index in [1.54, 1.807) is 48.2 Å². The first kappa shape index (κ1) is 21.2. The van der Waals surface area contributed by atoms with E-state index in [4.69, 9.17) is 0 Å². The van der Waals surface area contributed by atoms with Crippen molar-refractivity contribution >= 4 is 34.0 Å². The highest BCUT2D eigenvalue weighted by Crippen LogP contribution is 2.21. The zero-order valence-electron chi connectivity index (χ0n) is 15.4. The van der Waals surface area contributed by atoms with Crippen LogP contribution in [-0.2, 0) is 10.0 Å². The highest BCUT2D eigenvalue weighted by molar-refractivity contribution is 7.92. The standard InChI is InChI=1S/C19H23N3O3S.ClH/c1-14-3-4-15(2)18(13-14)26(24,25)21-17-7-5-16(6-8-17)19(23)22-11-9-20-10-12-22;/h3-8,13,20-21H,9-12H2,1-2H3;1H. The van der Waals surface area contributed by atoms with E-state index in [1.807, 2.05) is 13.0 Å². The van der Waals surface area contributed by atoms with Crippen LogP contribution in [-0.4, -0.2) is 45.4 Å². The zero-order valence-corrected chi connectivity index (χ0v) is 17.0. The Kier molecular flexibility index (Phi) is 6.86. The summed E-state index contributed by atoms with van der Waals surface area (Å²) in [6, 6.07) is 11.9. The summed E-state index contributed by atoms with van der Waals surface area (Å²) < 4.78 is 27.9. The topological polar surface area (TPSA) is 78.5 Å². The molecule has 0 radical (unpaired) electrons. The van der Waals surface area contributed by atoms with Crippen molar-refractivity contribution in [1.29, 1.82) is 0 Å². The second-order valence-electron chi connectivity index (χ2n) is 6.49. The van der Waals surface area contributed by atoms with Gasteiger partial charge in [0.15, 0.2) is 0 Å².